The Kier molecular flexibility index (Phi) is 3.45. The summed E-state index contributed by atoms with van der Waals surface area (Å²) in [5, 5.41) is 2.13. The summed E-state index contributed by atoms with van der Waals surface area (Å²) in [4.78, 5) is 24.3. The van der Waals surface area contributed by atoms with E-state index in [-0.39, 0.29) is 12.2 Å². The second-order valence-electron chi connectivity index (χ2n) is 4.81. The molecule has 0 spiro atoms. The Morgan fingerprint density at radius 1 is 1.30 bits per heavy atom. The van der Waals surface area contributed by atoms with Crippen LogP contribution >= 0.6 is 0 Å². The van der Waals surface area contributed by atoms with Gasteiger partial charge in [-0.2, -0.15) is 13.2 Å². The molecule has 2 rings (SSSR count). The van der Waals surface area contributed by atoms with Gasteiger partial charge in [0, 0.05) is 12.2 Å². The number of hydrogen-bond acceptors (Lipinski definition) is 2. The second kappa shape index (κ2) is 4.81. The lowest BCUT2D eigenvalue weighted by atomic mass is 10.0. The maximum atomic E-state index is 12.7. The van der Waals surface area contributed by atoms with Gasteiger partial charge in [-0.25, -0.2) is 4.79 Å². The molecule has 108 valence electrons. The molecule has 0 bridgehead atoms. The van der Waals surface area contributed by atoms with Crippen molar-refractivity contribution in [3.8, 4) is 0 Å². The Hall–Kier alpha value is -2.05. The van der Waals surface area contributed by atoms with E-state index in [1.54, 1.807) is 13.8 Å². The van der Waals surface area contributed by atoms with Crippen molar-refractivity contribution in [2.45, 2.75) is 20.0 Å². The van der Waals surface area contributed by atoms with Gasteiger partial charge in [-0.1, -0.05) is 13.0 Å². The second-order valence-corrected chi connectivity index (χ2v) is 4.81. The number of urea groups is 1. The zero-order valence-corrected chi connectivity index (χ0v) is 10.9. The van der Waals surface area contributed by atoms with E-state index >= 15 is 0 Å². The van der Waals surface area contributed by atoms with Crippen molar-refractivity contribution in [2.75, 3.05) is 11.4 Å². The number of amides is 3. The number of nitrogens with zero attached hydrogens (tertiary/aromatic N) is 1. The monoisotopic (exact) mass is 286 g/mol. The average molecular weight is 286 g/mol. The van der Waals surface area contributed by atoms with Crippen LogP contribution in [0.5, 0.6) is 0 Å². The van der Waals surface area contributed by atoms with E-state index in [1.807, 2.05) is 0 Å². The molecule has 0 aromatic heterocycles. The zero-order valence-electron chi connectivity index (χ0n) is 10.9. The molecule has 1 heterocycles. The molecule has 1 aromatic rings. The number of aryl methyl sites for hydroxylation is 1. The summed E-state index contributed by atoms with van der Waals surface area (Å²) in [7, 11) is 0. The van der Waals surface area contributed by atoms with Gasteiger partial charge in [-0.15, -0.1) is 0 Å². The molecule has 1 aliphatic heterocycles. The number of carbonyl (C=O) groups is 2. The summed E-state index contributed by atoms with van der Waals surface area (Å²) in [5.74, 6) is -0.891. The summed E-state index contributed by atoms with van der Waals surface area (Å²) in [6.07, 6.45) is -4.48. The van der Waals surface area contributed by atoms with Gasteiger partial charge in [0.1, 0.15) is 0 Å². The molecule has 1 unspecified atom stereocenters. The summed E-state index contributed by atoms with van der Waals surface area (Å²) < 4.78 is 38.2. The van der Waals surface area contributed by atoms with Crippen LogP contribution in [0.15, 0.2) is 18.2 Å². The van der Waals surface area contributed by atoms with Gasteiger partial charge in [0.2, 0.25) is 5.91 Å². The maximum Gasteiger partial charge on any atom is 0.416 e. The first-order chi connectivity index (χ1) is 9.20. The van der Waals surface area contributed by atoms with E-state index in [4.69, 9.17) is 0 Å². The van der Waals surface area contributed by atoms with E-state index in [9.17, 15) is 22.8 Å². The summed E-state index contributed by atoms with van der Waals surface area (Å²) in [5.41, 5.74) is -0.123. The van der Waals surface area contributed by atoms with E-state index in [1.165, 1.54) is 6.07 Å². The minimum Gasteiger partial charge on any atom is -0.293 e. The van der Waals surface area contributed by atoms with Crippen LogP contribution in [-0.4, -0.2) is 18.5 Å². The summed E-state index contributed by atoms with van der Waals surface area (Å²) in [6, 6.07) is 2.51. The molecule has 1 aromatic carbocycles. The van der Waals surface area contributed by atoms with Crippen molar-refractivity contribution >= 4 is 17.6 Å². The van der Waals surface area contributed by atoms with Crippen molar-refractivity contribution in [3.63, 3.8) is 0 Å². The lowest BCUT2D eigenvalue weighted by molar-refractivity contribution is -0.137. The number of carbonyl (C=O) groups excluding carboxylic acids is 2. The molecule has 1 saturated heterocycles. The van der Waals surface area contributed by atoms with Gasteiger partial charge in [0.15, 0.2) is 0 Å². The Labute approximate surface area is 113 Å². The highest BCUT2D eigenvalue weighted by molar-refractivity contribution is 6.06. The molecule has 1 N–H and O–H groups in total. The number of imide groups is 1. The van der Waals surface area contributed by atoms with E-state index in [0.29, 0.717) is 5.56 Å². The van der Waals surface area contributed by atoms with Crippen LogP contribution in [0.25, 0.3) is 0 Å². The fourth-order valence-corrected chi connectivity index (χ4v) is 2.02. The lowest BCUT2D eigenvalue weighted by Crippen LogP contribution is -2.54. The largest absolute Gasteiger partial charge is 0.416 e. The predicted octanol–water partition coefficient (Wildman–Crippen LogP) is 2.71. The van der Waals surface area contributed by atoms with Crippen LogP contribution < -0.4 is 10.2 Å². The topological polar surface area (TPSA) is 49.4 Å². The maximum absolute atomic E-state index is 12.7. The van der Waals surface area contributed by atoms with Crippen LogP contribution in [0.3, 0.4) is 0 Å². The van der Waals surface area contributed by atoms with Gasteiger partial charge in [0.05, 0.1) is 11.5 Å². The van der Waals surface area contributed by atoms with Gasteiger partial charge in [0.25, 0.3) is 0 Å². The van der Waals surface area contributed by atoms with Gasteiger partial charge in [-0.3, -0.25) is 15.0 Å². The van der Waals surface area contributed by atoms with Crippen LogP contribution in [-0.2, 0) is 11.0 Å². The number of benzene rings is 1. The zero-order chi connectivity index (χ0) is 15.1. The summed E-state index contributed by atoms with van der Waals surface area (Å²) in [6.45, 7) is 3.29. The smallest absolute Gasteiger partial charge is 0.293 e. The fourth-order valence-electron chi connectivity index (χ4n) is 2.02. The lowest BCUT2D eigenvalue weighted by Gasteiger charge is -2.31. The van der Waals surface area contributed by atoms with Crippen molar-refractivity contribution < 1.29 is 22.8 Å². The Bertz CT molecular complexity index is 569. The van der Waals surface area contributed by atoms with Crippen molar-refractivity contribution in [1.29, 1.82) is 0 Å². The molecule has 3 amide bonds. The highest BCUT2D eigenvalue weighted by atomic mass is 19.4. The van der Waals surface area contributed by atoms with Crippen LogP contribution in [0.1, 0.15) is 18.1 Å². The molecule has 7 heteroatoms. The van der Waals surface area contributed by atoms with Crippen molar-refractivity contribution in [2.24, 2.45) is 5.92 Å². The molecule has 1 fully saturated rings. The van der Waals surface area contributed by atoms with Gasteiger partial charge < -0.3 is 0 Å². The predicted molar refractivity (Wildman–Crippen MR) is 66.2 cm³/mol. The fraction of sp³-hybridized carbons (Fsp3) is 0.385. The molecule has 1 atom stereocenters. The third-order valence-electron chi connectivity index (χ3n) is 3.21. The van der Waals surface area contributed by atoms with E-state index in [0.717, 1.165) is 17.0 Å². The molecule has 0 saturated carbocycles. The third-order valence-corrected chi connectivity index (χ3v) is 3.21. The number of halogens is 3. The standard InChI is InChI=1S/C13H13F3N2O2/c1-7-3-4-9(13(14,15)16)5-10(7)18-6-8(2)11(19)17-12(18)20/h3-5,8H,6H2,1-2H3,(H,17,19,20). The minimum absolute atomic E-state index is 0.0623. The van der Waals surface area contributed by atoms with Gasteiger partial charge >= 0.3 is 12.2 Å². The van der Waals surface area contributed by atoms with Crippen LogP contribution in [0.2, 0.25) is 0 Å². The number of hydrogen-bond donors (Lipinski definition) is 1. The van der Waals surface area contributed by atoms with Crippen molar-refractivity contribution in [1.82, 2.24) is 5.32 Å². The first-order valence-corrected chi connectivity index (χ1v) is 6.00. The van der Waals surface area contributed by atoms with Crippen LogP contribution in [0, 0.1) is 12.8 Å². The van der Waals surface area contributed by atoms with Gasteiger partial charge in [-0.05, 0) is 24.6 Å². The quantitative estimate of drug-likeness (QED) is 0.863. The highest BCUT2D eigenvalue weighted by Crippen LogP contribution is 2.34. The summed E-state index contributed by atoms with van der Waals surface area (Å²) >= 11 is 0. The molecular weight excluding hydrogens is 273 g/mol. The average Bonchev–Trinajstić information content (AvgIpc) is 2.33. The van der Waals surface area contributed by atoms with E-state index < -0.39 is 29.6 Å². The van der Waals surface area contributed by atoms with Crippen LogP contribution in [0.4, 0.5) is 23.7 Å². The number of rotatable bonds is 1. The molecule has 0 aliphatic carbocycles. The van der Waals surface area contributed by atoms with E-state index in [2.05, 4.69) is 5.32 Å². The number of alkyl halides is 3. The normalized spacial score (nSPS) is 20.1. The SMILES string of the molecule is Cc1ccc(C(F)(F)F)cc1N1CC(C)C(=O)NC1=O. The van der Waals surface area contributed by atoms with Crippen molar-refractivity contribution in [3.05, 3.63) is 29.3 Å². The molecule has 1 aliphatic rings. The number of nitrogens with one attached hydrogen (secondary N) is 1. The Balaban J connectivity index is 2.41. The minimum atomic E-state index is -4.48. The first kappa shape index (κ1) is 14.4. The molecule has 4 nitrogen and oxygen atoms in total. The Morgan fingerprint density at radius 3 is 2.55 bits per heavy atom. The third kappa shape index (κ3) is 2.61. The molecule has 0 radical (unpaired) electrons. The molecule has 20 heavy (non-hydrogen) atoms. The molecular formula is C13H13F3N2O2. The highest BCUT2D eigenvalue weighted by Gasteiger charge is 2.34. The number of anilines is 1. The Morgan fingerprint density at radius 2 is 1.95 bits per heavy atom. The first-order valence-electron chi connectivity index (χ1n) is 6.00.